The van der Waals surface area contributed by atoms with Crippen LogP contribution in [0.15, 0.2) is 18.2 Å². The second-order valence-electron chi connectivity index (χ2n) is 7.30. The molecule has 0 bridgehead atoms. The number of piperidine rings is 1. The number of carbonyl (C=O) groups is 1. The molecule has 2 aliphatic rings. The van der Waals surface area contributed by atoms with E-state index in [1.165, 1.54) is 12.1 Å². The van der Waals surface area contributed by atoms with Gasteiger partial charge in [-0.1, -0.05) is 0 Å². The summed E-state index contributed by atoms with van der Waals surface area (Å²) in [6.45, 7) is 2.75. The molecule has 0 unspecified atom stereocenters. The van der Waals surface area contributed by atoms with Crippen LogP contribution in [-0.4, -0.2) is 48.4 Å². The van der Waals surface area contributed by atoms with E-state index in [0.29, 0.717) is 25.1 Å². The summed E-state index contributed by atoms with van der Waals surface area (Å²) >= 11 is 0. The van der Waals surface area contributed by atoms with E-state index in [4.69, 9.17) is 24.4 Å². The first-order chi connectivity index (χ1) is 13.3. The van der Waals surface area contributed by atoms with Gasteiger partial charge < -0.3 is 23.8 Å². The number of fused-ring (bicyclic) bond motifs is 1. The second kappa shape index (κ2) is 7.02. The van der Waals surface area contributed by atoms with Crippen molar-refractivity contribution in [1.29, 1.82) is 0 Å². The zero-order chi connectivity index (χ0) is 21.6. The zero-order valence-electron chi connectivity index (χ0n) is 19.0. The Hall–Kier alpha value is -2.11. The van der Waals surface area contributed by atoms with E-state index in [1.54, 1.807) is 11.0 Å². The molecule has 0 saturated carbocycles. The maximum Gasteiger partial charge on any atom is 0.410 e. The molecule has 1 aromatic rings. The number of benzene rings is 1. The molecule has 6 nitrogen and oxygen atoms in total. The molecule has 25 heavy (non-hydrogen) atoms. The zero-order valence-corrected chi connectivity index (χ0v) is 15.0. The molecular weight excluding hydrogens is 322 g/mol. The molecular formula is C19H27NO5. The number of ether oxygens (including phenoxy) is 4. The molecule has 1 amide bonds. The predicted molar refractivity (Wildman–Crippen MR) is 93.5 cm³/mol. The van der Waals surface area contributed by atoms with Gasteiger partial charge in [0.2, 0.25) is 0 Å². The lowest BCUT2D eigenvalue weighted by Crippen LogP contribution is -2.49. The number of hydrogen-bond acceptors (Lipinski definition) is 5. The third kappa shape index (κ3) is 4.50. The smallest absolute Gasteiger partial charge is 0.410 e. The monoisotopic (exact) mass is 353 g/mol. The Kier molecular flexibility index (Phi) is 3.69. The van der Waals surface area contributed by atoms with Crippen LogP contribution in [0.4, 0.5) is 4.79 Å². The fourth-order valence-electron chi connectivity index (χ4n) is 2.90. The van der Waals surface area contributed by atoms with Crippen LogP contribution >= 0.6 is 0 Å². The molecule has 0 aromatic heterocycles. The van der Waals surface area contributed by atoms with Gasteiger partial charge in [-0.25, -0.2) is 4.79 Å². The van der Waals surface area contributed by atoms with Gasteiger partial charge in [0.15, 0.2) is 11.5 Å². The lowest BCUT2D eigenvalue weighted by molar-refractivity contribution is -0.00107. The molecule has 6 heteroatoms. The van der Waals surface area contributed by atoms with Gasteiger partial charge in [0, 0.05) is 31.5 Å². The standard InChI is InChI=1S/C19H27NO5/c1-13-11-15(7-8-20(13)18(21)25-19(2,3)4)24-14-5-6-16-17(12-14)23-10-9-22-16/h5-6,12-13,15H,7-11H2,1-4H3/t13-,15+/m1/s1/i9D2,10D2. The third-order valence-corrected chi connectivity index (χ3v) is 4.04. The van der Waals surface area contributed by atoms with Gasteiger partial charge in [-0.2, -0.15) is 0 Å². The van der Waals surface area contributed by atoms with Gasteiger partial charge in [-0.05, 0) is 39.8 Å². The van der Waals surface area contributed by atoms with Crippen LogP contribution in [0, 0.1) is 0 Å². The summed E-state index contributed by atoms with van der Waals surface area (Å²) < 4.78 is 52.3. The van der Waals surface area contributed by atoms with Crippen LogP contribution in [0.2, 0.25) is 0 Å². The van der Waals surface area contributed by atoms with Crippen molar-refractivity contribution in [3.05, 3.63) is 18.2 Å². The van der Waals surface area contributed by atoms with Crippen molar-refractivity contribution in [2.75, 3.05) is 19.7 Å². The Morgan fingerprint density at radius 3 is 2.68 bits per heavy atom. The molecule has 1 saturated heterocycles. The molecule has 3 rings (SSSR count). The lowest BCUT2D eigenvalue weighted by Gasteiger charge is -2.38. The predicted octanol–water partition coefficient (Wildman–Crippen LogP) is 3.62. The lowest BCUT2D eigenvalue weighted by atomic mass is 10.0. The van der Waals surface area contributed by atoms with Gasteiger partial charge in [0.25, 0.3) is 0 Å². The Bertz CT molecular complexity index is 780. The largest absolute Gasteiger partial charge is 0.490 e. The SMILES string of the molecule is [2H]C1([2H])Oc2ccc(O[C@H]3CCN(C(=O)OC(C)(C)C)[C@H](C)C3)cc2OC1([2H])[2H]. The minimum absolute atomic E-state index is 0.0535. The van der Waals surface area contributed by atoms with Crippen LogP contribution in [-0.2, 0) is 4.74 Å². The minimum atomic E-state index is -2.62. The number of amides is 1. The summed E-state index contributed by atoms with van der Waals surface area (Å²) in [5.74, 6) is 0.668. The highest BCUT2D eigenvalue weighted by atomic mass is 16.6. The van der Waals surface area contributed by atoms with Gasteiger partial charge in [0.05, 0.1) is 5.48 Å². The van der Waals surface area contributed by atoms with E-state index in [0.717, 1.165) is 0 Å². The van der Waals surface area contributed by atoms with Crippen LogP contribution in [0.5, 0.6) is 17.2 Å². The summed E-state index contributed by atoms with van der Waals surface area (Å²) in [5.41, 5.74) is -0.546. The summed E-state index contributed by atoms with van der Waals surface area (Å²) in [4.78, 5) is 14.0. The van der Waals surface area contributed by atoms with Crippen LogP contribution < -0.4 is 14.2 Å². The molecule has 1 fully saturated rings. The minimum Gasteiger partial charge on any atom is -0.490 e. The van der Waals surface area contributed by atoms with E-state index in [1.807, 2.05) is 27.7 Å². The number of likely N-dealkylation sites (tertiary alicyclic amines) is 1. The second-order valence-corrected chi connectivity index (χ2v) is 7.30. The fourth-order valence-corrected chi connectivity index (χ4v) is 2.90. The van der Waals surface area contributed by atoms with Crippen molar-refractivity contribution in [3.8, 4) is 17.2 Å². The molecule has 0 N–H and O–H groups in total. The molecule has 2 aliphatic heterocycles. The first-order valence-corrected chi connectivity index (χ1v) is 8.46. The molecule has 1 aromatic carbocycles. The molecule has 138 valence electrons. The average molecular weight is 353 g/mol. The molecule has 0 radical (unpaired) electrons. The van der Waals surface area contributed by atoms with Gasteiger partial charge >= 0.3 is 6.09 Å². The fraction of sp³-hybridized carbons (Fsp3) is 0.632. The Labute approximate surface area is 154 Å². The van der Waals surface area contributed by atoms with Crippen LogP contribution in [0.1, 0.15) is 46.0 Å². The van der Waals surface area contributed by atoms with E-state index in [-0.39, 0.29) is 29.7 Å². The van der Waals surface area contributed by atoms with Crippen LogP contribution in [0.3, 0.4) is 0 Å². The van der Waals surface area contributed by atoms with Gasteiger partial charge in [0.1, 0.15) is 30.6 Å². The van der Waals surface area contributed by atoms with Gasteiger partial charge in [-0.3, -0.25) is 0 Å². The number of hydrogen-bond donors (Lipinski definition) is 0. The summed E-state index contributed by atoms with van der Waals surface area (Å²) in [5, 5.41) is 0. The first kappa shape index (κ1) is 13.1. The average Bonchev–Trinajstić information content (AvgIpc) is 2.54. The van der Waals surface area contributed by atoms with Crippen molar-refractivity contribution in [2.24, 2.45) is 0 Å². The van der Waals surface area contributed by atoms with E-state index < -0.39 is 18.7 Å². The first-order valence-electron chi connectivity index (χ1n) is 10.5. The molecule has 2 atom stereocenters. The maximum absolute atomic E-state index is 12.3. The molecule has 2 heterocycles. The summed E-state index contributed by atoms with van der Waals surface area (Å²) in [7, 11) is 0. The van der Waals surface area contributed by atoms with E-state index >= 15 is 0 Å². The molecule has 0 aliphatic carbocycles. The highest BCUT2D eigenvalue weighted by molar-refractivity contribution is 5.68. The Morgan fingerprint density at radius 2 is 2.00 bits per heavy atom. The number of nitrogens with zero attached hydrogens (tertiary/aromatic N) is 1. The maximum atomic E-state index is 12.3. The quantitative estimate of drug-likeness (QED) is 0.813. The molecule has 0 spiro atoms. The number of carbonyl (C=O) groups excluding carboxylic acids is 1. The Morgan fingerprint density at radius 1 is 1.28 bits per heavy atom. The summed E-state index contributed by atoms with van der Waals surface area (Å²) in [6, 6.07) is 4.57. The van der Waals surface area contributed by atoms with Crippen molar-refractivity contribution in [2.45, 2.75) is 58.3 Å². The van der Waals surface area contributed by atoms with Crippen LogP contribution in [0.25, 0.3) is 0 Å². The van der Waals surface area contributed by atoms with E-state index in [2.05, 4.69) is 0 Å². The van der Waals surface area contributed by atoms with E-state index in [9.17, 15) is 4.79 Å². The van der Waals surface area contributed by atoms with Crippen molar-refractivity contribution >= 4 is 6.09 Å². The summed E-state index contributed by atoms with van der Waals surface area (Å²) in [6.07, 6.45) is 0.784. The number of rotatable bonds is 2. The van der Waals surface area contributed by atoms with Crippen molar-refractivity contribution in [3.63, 3.8) is 0 Å². The highest BCUT2D eigenvalue weighted by Gasteiger charge is 2.32. The Balaban J connectivity index is 1.63. The van der Waals surface area contributed by atoms with Crippen molar-refractivity contribution < 1.29 is 29.2 Å². The third-order valence-electron chi connectivity index (χ3n) is 4.04. The van der Waals surface area contributed by atoms with Gasteiger partial charge in [-0.15, -0.1) is 0 Å². The topological polar surface area (TPSA) is 57.2 Å². The van der Waals surface area contributed by atoms with Crippen molar-refractivity contribution in [1.82, 2.24) is 4.90 Å². The highest BCUT2D eigenvalue weighted by Crippen LogP contribution is 2.34. The normalized spacial score (nSPS) is 29.5.